The highest BCUT2D eigenvalue weighted by Crippen LogP contribution is 2.31. The van der Waals surface area contributed by atoms with E-state index in [0.29, 0.717) is 18.1 Å². The van der Waals surface area contributed by atoms with Gasteiger partial charge in [-0.1, -0.05) is 19.9 Å². The third-order valence-corrected chi connectivity index (χ3v) is 3.55. The van der Waals surface area contributed by atoms with Crippen molar-refractivity contribution in [1.82, 2.24) is 4.98 Å². The zero-order valence-electron chi connectivity index (χ0n) is 10.8. The number of hydrogen-bond donors (Lipinski definition) is 0. The number of ketones is 1. The number of aromatic nitrogens is 1. The molecule has 17 heavy (non-hydrogen) atoms. The van der Waals surface area contributed by atoms with E-state index < -0.39 is 0 Å². The summed E-state index contributed by atoms with van der Waals surface area (Å²) in [5, 5.41) is 0. The molecule has 0 bridgehead atoms. The monoisotopic (exact) mass is 231 g/mol. The molecule has 0 fully saturated rings. The molecule has 0 spiro atoms. The van der Waals surface area contributed by atoms with Crippen molar-refractivity contribution in [1.29, 1.82) is 0 Å². The van der Waals surface area contributed by atoms with Gasteiger partial charge in [-0.05, 0) is 43.2 Å². The van der Waals surface area contributed by atoms with Gasteiger partial charge in [-0.15, -0.1) is 0 Å². The van der Waals surface area contributed by atoms with E-state index in [4.69, 9.17) is 0 Å². The van der Waals surface area contributed by atoms with Crippen molar-refractivity contribution in [2.45, 2.75) is 51.9 Å². The van der Waals surface area contributed by atoms with Gasteiger partial charge < -0.3 is 0 Å². The minimum atomic E-state index is 0.0682. The average Bonchev–Trinajstić information content (AvgIpc) is 2.35. The van der Waals surface area contributed by atoms with Crippen molar-refractivity contribution in [3.05, 3.63) is 29.6 Å². The Balaban J connectivity index is 2.10. The van der Waals surface area contributed by atoms with Crippen LogP contribution in [-0.4, -0.2) is 10.8 Å². The molecular formula is C15H21NO. The molecule has 1 aromatic rings. The van der Waals surface area contributed by atoms with E-state index in [1.54, 1.807) is 0 Å². The zero-order chi connectivity index (χ0) is 12.3. The number of Topliss-reactive ketones (excluding diaryl/α,β-unsaturated/α-hetero) is 1. The summed E-state index contributed by atoms with van der Waals surface area (Å²) in [6, 6.07) is 4.09. The first kappa shape index (κ1) is 12.3. The first-order valence-electron chi connectivity index (χ1n) is 6.65. The number of carbonyl (C=O) groups excluding carboxylic acids is 1. The predicted octanol–water partition coefficient (Wildman–Crippen LogP) is 3.51. The fourth-order valence-electron chi connectivity index (χ4n) is 2.53. The van der Waals surface area contributed by atoms with Crippen molar-refractivity contribution < 1.29 is 4.79 Å². The topological polar surface area (TPSA) is 30.0 Å². The summed E-state index contributed by atoms with van der Waals surface area (Å²) in [5.41, 5.74) is 2.33. The van der Waals surface area contributed by atoms with Crippen LogP contribution in [0.5, 0.6) is 0 Å². The van der Waals surface area contributed by atoms with E-state index >= 15 is 0 Å². The van der Waals surface area contributed by atoms with Gasteiger partial charge in [-0.25, -0.2) is 0 Å². The highest BCUT2D eigenvalue weighted by molar-refractivity contribution is 5.85. The highest BCUT2D eigenvalue weighted by atomic mass is 16.1. The molecule has 2 heteroatoms. The maximum Gasteiger partial charge on any atom is 0.141 e. The zero-order valence-corrected chi connectivity index (χ0v) is 10.8. The molecule has 1 aliphatic carbocycles. The van der Waals surface area contributed by atoms with Crippen LogP contribution in [0, 0.1) is 5.92 Å². The maximum atomic E-state index is 12.2. The molecule has 92 valence electrons. The Hall–Kier alpha value is -1.18. The third kappa shape index (κ3) is 2.93. The first-order chi connectivity index (χ1) is 8.18. The van der Waals surface area contributed by atoms with Gasteiger partial charge in [0.1, 0.15) is 5.78 Å². The van der Waals surface area contributed by atoms with E-state index in [2.05, 4.69) is 24.9 Å². The minimum Gasteiger partial charge on any atom is -0.299 e. The largest absolute Gasteiger partial charge is 0.299 e. The molecule has 1 atom stereocenters. The molecule has 0 amide bonds. The van der Waals surface area contributed by atoms with Gasteiger partial charge in [0.15, 0.2) is 0 Å². The Morgan fingerprint density at radius 3 is 3.12 bits per heavy atom. The molecule has 0 aliphatic heterocycles. The first-order valence-corrected chi connectivity index (χ1v) is 6.65. The normalized spacial score (nSPS) is 19.1. The summed E-state index contributed by atoms with van der Waals surface area (Å²) in [4.78, 5) is 16.7. The molecular weight excluding hydrogens is 210 g/mol. The van der Waals surface area contributed by atoms with Crippen molar-refractivity contribution in [2.24, 2.45) is 5.92 Å². The Bertz CT molecular complexity index is 398. The standard InChI is InChI=1S/C15H21NO/c1-11(2)8-9-14(17)13-7-3-5-12-6-4-10-16-15(12)13/h4,6,10-11,13H,3,5,7-9H2,1-2H3. The van der Waals surface area contributed by atoms with E-state index in [0.717, 1.165) is 31.4 Å². The number of fused-ring (bicyclic) bond motifs is 1. The lowest BCUT2D eigenvalue weighted by molar-refractivity contribution is -0.121. The molecule has 1 aromatic heterocycles. The van der Waals surface area contributed by atoms with Crippen molar-refractivity contribution >= 4 is 5.78 Å². The predicted molar refractivity (Wildman–Crippen MR) is 69.0 cm³/mol. The molecule has 0 N–H and O–H groups in total. The molecule has 1 heterocycles. The number of nitrogens with zero attached hydrogens (tertiary/aromatic N) is 1. The second kappa shape index (κ2) is 5.44. The summed E-state index contributed by atoms with van der Waals surface area (Å²) in [5.74, 6) is 1.06. The fourth-order valence-corrected chi connectivity index (χ4v) is 2.53. The Labute approximate surface area is 103 Å². The van der Waals surface area contributed by atoms with Crippen LogP contribution in [0.25, 0.3) is 0 Å². The smallest absolute Gasteiger partial charge is 0.141 e. The second-order valence-electron chi connectivity index (χ2n) is 5.39. The van der Waals surface area contributed by atoms with Gasteiger partial charge in [-0.3, -0.25) is 9.78 Å². The van der Waals surface area contributed by atoms with Gasteiger partial charge >= 0.3 is 0 Å². The quantitative estimate of drug-likeness (QED) is 0.793. The molecule has 0 aromatic carbocycles. The van der Waals surface area contributed by atoms with Crippen molar-refractivity contribution in [2.75, 3.05) is 0 Å². The minimum absolute atomic E-state index is 0.0682. The average molecular weight is 231 g/mol. The van der Waals surface area contributed by atoms with E-state index in [9.17, 15) is 4.79 Å². The maximum absolute atomic E-state index is 12.2. The third-order valence-electron chi connectivity index (χ3n) is 3.55. The SMILES string of the molecule is CC(C)CCC(=O)C1CCCc2cccnc21. The number of pyridine rings is 1. The van der Waals surface area contributed by atoms with Crippen LogP contribution in [0.15, 0.2) is 18.3 Å². The summed E-state index contributed by atoms with van der Waals surface area (Å²) in [7, 11) is 0. The second-order valence-corrected chi connectivity index (χ2v) is 5.39. The molecule has 2 nitrogen and oxygen atoms in total. The number of rotatable bonds is 4. The van der Waals surface area contributed by atoms with Crippen molar-refractivity contribution in [3.63, 3.8) is 0 Å². The lowest BCUT2D eigenvalue weighted by Crippen LogP contribution is -2.20. The van der Waals surface area contributed by atoms with Crippen LogP contribution < -0.4 is 0 Å². The molecule has 0 radical (unpaired) electrons. The van der Waals surface area contributed by atoms with E-state index in [1.807, 2.05) is 12.3 Å². The number of aryl methyl sites for hydroxylation is 1. The van der Waals surface area contributed by atoms with Gasteiger partial charge in [0.2, 0.25) is 0 Å². The molecule has 1 aliphatic rings. The van der Waals surface area contributed by atoms with E-state index in [-0.39, 0.29) is 5.92 Å². The summed E-state index contributed by atoms with van der Waals surface area (Å²) in [6.07, 6.45) is 6.71. The summed E-state index contributed by atoms with van der Waals surface area (Å²) < 4.78 is 0. The van der Waals surface area contributed by atoms with Crippen LogP contribution in [0.1, 0.15) is 56.7 Å². The van der Waals surface area contributed by atoms with Crippen LogP contribution in [0.2, 0.25) is 0 Å². The molecule has 0 saturated heterocycles. The number of carbonyl (C=O) groups is 1. The van der Waals surface area contributed by atoms with Gasteiger partial charge in [0, 0.05) is 12.6 Å². The lowest BCUT2D eigenvalue weighted by Gasteiger charge is -2.23. The fraction of sp³-hybridized carbons (Fsp3) is 0.600. The van der Waals surface area contributed by atoms with Gasteiger partial charge in [0.25, 0.3) is 0 Å². The van der Waals surface area contributed by atoms with Crippen LogP contribution in [-0.2, 0) is 11.2 Å². The highest BCUT2D eigenvalue weighted by Gasteiger charge is 2.26. The van der Waals surface area contributed by atoms with Crippen LogP contribution >= 0.6 is 0 Å². The summed E-state index contributed by atoms with van der Waals surface area (Å²) >= 11 is 0. The Morgan fingerprint density at radius 2 is 2.35 bits per heavy atom. The molecule has 2 rings (SSSR count). The van der Waals surface area contributed by atoms with E-state index in [1.165, 1.54) is 5.56 Å². The molecule has 1 unspecified atom stereocenters. The van der Waals surface area contributed by atoms with Crippen LogP contribution in [0.3, 0.4) is 0 Å². The van der Waals surface area contributed by atoms with Gasteiger partial charge in [-0.2, -0.15) is 0 Å². The summed E-state index contributed by atoms with van der Waals surface area (Å²) in [6.45, 7) is 4.33. The Kier molecular flexibility index (Phi) is 3.93. The number of hydrogen-bond acceptors (Lipinski definition) is 2. The lowest BCUT2D eigenvalue weighted by atomic mass is 9.82. The van der Waals surface area contributed by atoms with Crippen LogP contribution in [0.4, 0.5) is 0 Å². The van der Waals surface area contributed by atoms with Crippen molar-refractivity contribution in [3.8, 4) is 0 Å². The Morgan fingerprint density at radius 1 is 1.53 bits per heavy atom. The molecule has 0 saturated carbocycles. The van der Waals surface area contributed by atoms with Gasteiger partial charge in [0.05, 0.1) is 11.6 Å².